The number of hydrogen-bond acceptors (Lipinski definition) is 3. The van der Waals surface area contributed by atoms with Gasteiger partial charge >= 0.3 is 0 Å². The van der Waals surface area contributed by atoms with Gasteiger partial charge < -0.3 is 14.7 Å². The van der Waals surface area contributed by atoms with Crippen LogP contribution in [0.15, 0.2) is 93.5 Å². The number of likely N-dealkylation sites (tertiary alicyclic amines) is 1. The molecule has 0 spiro atoms. The van der Waals surface area contributed by atoms with Crippen LogP contribution in [0.3, 0.4) is 0 Å². The molecule has 0 N–H and O–H groups in total. The summed E-state index contributed by atoms with van der Waals surface area (Å²) < 4.78 is 0. The molecule has 6 rings (SSSR count). The van der Waals surface area contributed by atoms with Crippen molar-refractivity contribution in [1.29, 1.82) is 0 Å². The fraction of sp³-hybridized carbons (Fsp3) is 0.575. The molecule has 0 aromatic rings. The van der Waals surface area contributed by atoms with E-state index in [-0.39, 0.29) is 5.91 Å². The highest BCUT2D eigenvalue weighted by Crippen LogP contribution is 2.53. The van der Waals surface area contributed by atoms with Crippen molar-refractivity contribution in [3.63, 3.8) is 0 Å². The zero-order valence-corrected chi connectivity index (χ0v) is 27.8. The Kier molecular flexibility index (Phi) is 9.65. The first-order valence-electron chi connectivity index (χ1n) is 17.4. The molecular formula is C40H53N3O. The lowest BCUT2D eigenvalue weighted by molar-refractivity contribution is -0.126. The molecule has 5 atom stereocenters. The van der Waals surface area contributed by atoms with E-state index in [0.29, 0.717) is 17.8 Å². The normalized spacial score (nSPS) is 28.4. The minimum Gasteiger partial charge on any atom is -0.340 e. The van der Waals surface area contributed by atoms with Crippen molar-refractivity contribution in [2.24, 2.45) is 35.5 Å². The quantitative estimate of drug-likeness (QED) is 0.223. The molecule has 0 radical (unpaired) electrons. The number of piperidine rings is 1. The monoisotopic (exact) mass is 591 g/mol. The third-order valence-electron chi connectivity index (χ3n) is 11.3. The lowest BCUT2D eigenvalue weighted by atomic mass is 9.83. The van der Waals surface area contributed by atoms with Gasteiger partial charge in [-0.25, -0.2) is 0 Å². The second-order valence-electron chi connectivity index (χ2n) is 14.2. The average Bonchev–Trinajstić information content (AvgIpc) is 3.95. The topological polar surface area (TPSA) is 26.8 Å². The molecule has 234 valence electrons. The standard InChI is InChI=1S/C40H53N3O/c1-6-42(7-2)22-21-41(5)40(44)35-16-13-29(4)36(38-26-37(35)38)23-30-17-19-43(20-18-30)27-39(32-15-14-31-24-33(31)25-32)34-12-10-8-9-11-28(34)3/h8,10-15,25,30-31,33,37-39H,6-7,17-24,26-27H2,1-5H3. The van der Waals surface area contributed by atoms with Gasteiger partial charge in [0.15, 0.2) is 0 Å². The van der Waals surface area contributed by atoms with Crippen molar-refractivity contribution >= 4 is 5.91 Å². The smallest absolute Gasteiger partial charge is 0.257 e. The number of carbonyl (C=O) groups excluding carboxylic acids is 1. The maximum atomic E-state index is 13.4. The van der Waals surface area contributed by atoms with E-state index in [9.17, 15) is 4.79 Å². The highest BCUT2D eigenvalue weighted by atomic mass is 16.2. The third kappa shape index (κ3) is 7.00. The number of hydrogen-bond donors (Lipinski definition) is 0. The van der Waals surface area contributed by atoms with Gasteiger partial charge in [-0.2, -0.15) is 0 Å². The number of amides is 1. The number of rotatable bonds is 12. The molecule has 4 heteroatoms. The largest absolute Gasteiger partial charge is 0.340 e. The van der Waals surface area contributed by atoms with E-state index in [4.69, 9.17) is 0 Å². The van der Waals surface area contributed by atoms with Crippen molar-refractivity contribution in [3.8, 4) is 0 Å². The Bertz CT molecular complexity index is 1410. The van der Waals surface area contributed by atoms with Gasteiger partial charge in [0, 0.05) is 38.5 Å². The summed E-state index contributed by atoms with van der Waals surface area (Å²) in [5.74, 6) is 3.78. The average molecular weight is 592 g/mol. The Morgan fingerprint density at radius 1 is 1.00 bits per heavy atom. The first kappa shape index (κ1) is 31.1. The Balaban J connectivity index is 1.06. The predicted molar refractivity (Wildman–Crippen MR) is 182 cm³/mol. The molecule has 5 aliphatic carbocycles. The molecule has 5 unspecified atom stereocenters. The second-order valence-corrected chi connectivity index (χ2v) is 14.2. The molecule has 0 aromatic carbocycles. The summed E-state index contributed by atoms with van der Waals surface area (Å²) in [5, 5.41) is 0. The van der Waals surface area contributed by atoms with Gasteiger partial charge in [-0.05, 0) is 136 Å². The molecule has 6 aliphatic rings. The molecule has 3 fully saturated rings. The van der Waals surface area contributed by atoms with Crippen LogP contribution in [0.2, 0.25) is 0 Å². The summed E-state index contributed by atoms with van der Waals surface area (Å²) in [6.07, 6.45) is 24.4. The maximum Gasteiger partial charge on any atom is 0.257 e. The van der Waals surface area contributed by atoms with Gasteiger partial charge in [-0.15, -0.1) is 11.5 Å². The number of carbonyl (C=O) groups is 1. The van der Waals surface area contributed by atoms with E-state index in [1.165, 1.54) is 61.1 Å². The van der Waals surface area contributed by atoms with Gasteiger partial charge in [0.2, 0.25) is 0 Å². The Morgan fingerprint density at radius 3 is 2.55 bits per heavy atom. The SMILES string of the molecule is CCN(CC)CCN(C)C(=O)C1=C=CC(C)=C(CC2CCN(CC(C3=CC4CC4C=C3)C3=C(C)C=C=CC=C3)CC2)C2CC12. The molecule has 44 heavy (non-hydrogen) atoms. The lowest BCUT2D eigenvalue weighted by Gasteiger charge is -2.36. The lowest BCUT2D eigenvalue weighted by Crippen LogP contribution is -2.38. The van der Waals surface area contributed by atoms with E-state index in [0.717, 1.165) is 62.5 Å². The zero-order valence-electron chi connectivity index (χ0n) is 27.8. The van der Waals surface area contributed by atoms with Crippen molar-refractivity contribution in [2.45, 2.75) is 59.8 Å². The van der Waals surface area contributed by atoms with Crippen LogP contribution < -0.4 is 0 Å². The first-order chi connectivity index (χ1) is 21.4. The van der Waals surface area contributed by atoms with Crippen LogP contribution >= 0.6 is 0 Å². The first-order valence-corrected chi connectivity index (χ1v) is 17.4. The summed E-state index contributed by atoms with van der Waals surface area (Å²) >= 11 is 0. The predicted octanol–water partition coefficient (Wildman–Crippen LogP) is 7.28. The van der Waals surface area contributed by atoms with Crippen molar-refractivity contribution in [3.05, 3.63) is 93.5 Å². The van der Waals surface area contributed by atoms with Crippen molar-refractivity contribution in [2.75, 3.05) is 52.9 Å². The maximum absolute atomic E-state index is 13.4. The molecule has 1 heterocycles. The van der Waals surface area contributed by atoms with Crippen LogP contribution in [-0.4, -0.2) is 73.5 Å². The fourth-order valence-corrected chi connectivity index (χ4v) is 7.98. The summed E-state index contributed by atoms with van der Waals surface area (Å²) in [6, 6.07) is 0. The summed E-state index contributed by atoms with van der Waals surface area (Å²) in [4.78, 5) is 20.5. The van der Waals surface area contributed by atoms with E-state index in [1.807, 2.05) is 18.0 Å². The number of nitrogens with zero attached hydrogens (tertiary/aromatic N) is 3. The van der Waals surface area contributed by atoms with E-state index in [1.54, 1.807) is 5.57 Å². The summed E-state index contributed by atoms with van der Waals surface area (Å²) in [7, 11) is 1.96. The van der Waals surface area contributed by atoms with Gasteiger partial charge in [0.25, 0.3) is 5.91 Å². The van der Waals surface area contributed by atoms with E-state index in [2.05, 4.69) is 91.5 Å². The molecular weight excluding hydrogens is 538 g/mol. The van der Waals surface area contributed by atoms with Crippen LogP contribution in [-0.2, 0) is 4.79 Å². The molecule has 4 nitrogen and oxygen atoms in total. The van der Waals surface area contributed by atoms with Crippen LogP contribution in [0.5, 0.6) is 0 Å². The highest BCUT2D eigenvalue weighted by molar-refractivity contribution is 5.94. The number of allylic oxidation sites excluding steroid dienone is 9. The molecule has 1 saturated heterocycles. The van der Waals surface area contributed by atoms with E-state index < -0.39 is 0 Å². The fourth-order valence-electron chi connectivity index (χ4n) is 7.98. The molecule has 1 amide bonds. The zero-order chi connectivity index (χ0) is 30.8. The highest BCUT2D eigenvalue weighted by Gasteiger charge is 2.47. The summed E-state index contributed by atoms with van der Waals surface area (Å²) in [6.45, 7) is 16.1. The van der Waals surface area contributed by atoms with Crippen molar-refractivity contribution in [1.82, 2.24) is 14.7 Å². The molecule has 1 aliphatic heterocycles. The van der Waals surface area contributed by atoms with Gasteiger partial charge in [-0.3, -0.25) is 4.79 Å². The van der Waals surface area contributed by atoms with E-state index >= 15 is 0 Å². The Labute approximate surface area is 266 Å². The third-order valence-corrected chi connectivity index (χ3v) is 11.3. The number of likely N-dealkylation sites (N-methyl/N-ethyl adjacent to an activating group) is 2. The van der Waals surface area contributed by atoms with Crippen LogP contribution in [0.4, 0.5) is 0 Å². The Morgan fingerprint density at radius 2 is 1.80 bits per heavy atom. The molecule has 0 aromatic heterocycles. The minimum absolute atomic E-state index is 0.179. The Hall–Kier alpha value is -2.87. The van der Waals surface area contributed by atoms with Crippen LogP contribution in [0.1, 0.15) is 59.8 Å². The minimum atomic E-state index is 0.179. The van der Waals surface area contributed by atoms with Crippen molar-refractivity contribution < 1.29 is 4.79 Å². The summed E-state index contributed by atoms with van der Waals surface area (Å²) in [5.41, 5.74) is 15.0. The van der Waals surface area contributed by atoms with Crippen LogP contribution in [0.25, 0.3) is 0 Å². The number of fused-ring (bicyclic) bond motifs is 2. The molecule has 0 bridgehead atoms. The van der Waals surface area contributed by atoms with Crippen LogP contribution in [0, 0.1) is 35.5 Å². The van der Waals surface area contributed by atoms with Gasteiger partial charge in [-0.1, -0.05) is 49.8 Å². The second kappa shape index (κ2) is 13.6. The van der Waals surface area contributed by atoms with Gasteiger partial charge in [0.05, 0.1) is 5.57 Å². The molecule has 2 saturated carbocycles. The van der Waals surface area contributed by atoms with Gasteiger partial charge in [0.1, 0.15) is 0 Å².